The molecule has 0 atom stereocenters. The van der Waals surface area contributed by atoms with Gasteiger partial charge in [-0.3, -0.25) is 0 Å². The molecule has 0 spiro atoms. The Labute approximate surface area is 77.1 Å². The van der Waals surface area contributed by atoms with Crippen LogP contribution in [0.4, 0.5) is 13.2 Å². The molecule has 0 nitrogen and oxygen atoms in total. The van der Waals surface area contributed by atoms with Gasteiger partial charge in [-0.1, -0.05) is 26.5 Å². The van der Waals surface area contributed by atoms with Crippen LogP contribution in [0.15, 0.2) is 24.6 Å². The van der Waals surface area contributed by atoms with E-state index in [-0.39, 0.29) is 12.3 Å². The number of alkyl halides is 2. The first-order chi connectivity index (χ1) is 5.83. The minimum Gasteiger partial charge on any atom is -0.208 e. The second kappa shape index (κ2) is 5.10. The molecule has 0 rings (SSSR count). The van der Waals surface area contributed by atoms with Crippen LogP contribution < -0.4 is 0 Å². The number of halogens is 3. The summed E-state index contributed by atoms with van der Waals surface area (Å²) in [6.07, 6.45) is 1.49. The monoisotopic (exact) mass is 192 g/mol. The fraction of sp³-hybridized carbons (Fsp3) is 0.600. The zero-order chi connectivity index (χ0) is 10.5. The standard InChI is InChI=1S/C10H15F3/c1-8(2)7-10(12,13)6-4-5-9(3)11/h4-5,8H,3,6-7H2,1-2H3/b5-4+. The van der Waals surface area contributed by atoms with E-state index in [2.05, 4.69) is 6.58 Å². The predicted octanol–water partition coefficient (Wildman–Crippen LogP) is 4.10. The van der Waals surface area contributed by atoms with E-state index in [1.807, 2.05) is 0 Å². The van der Waals surface area contributed by atoms with E-state index in [4.69, 9.17) is 0 Å². The van der Waals surface area contributed by atoms with Gasteiger partial charge >= 0.3 is 0 Å². The van der Waals surface area contributed by atoms with E-state index in [0.29, 0.717) is 0 Å². The van der Waals surface area contributed by atoms with Crippen LogP contribution in [0.2, 0.25) is 0 Å². The molecule has 0 aliphatic heterocycles. The van der Waals surface area contributed by atoms with Crippen LogP contribution in [0.1, 0.15) is 26.7 Å². The lowest BCUT2D eigenvalue weighted by Gasteiger charge is -2.16. The van der Waals surface area contributed by atoms with Crippen molar-refractivity contribution in [2.75, 3.05) is 0 Å². The summed E-state index contributed by atoms with van der Waals surface area (Å²) in [7, 11) is 0. The van der Waals surface area contributed by atoms with Crippen molar-refractivity contribution in [3.63, 3.8) is 0 Å². The van der Waals surface area contributed by atoms with Gasteiger partial charge in [-0.05, 0) is 12.0 Å². The molecule has 0 heterocycles. The molecule has 0 aromatic heterocycles. The second-order valence-electron chi connectivity index (χ2n) is 3.51. The highest BCUT2D eigenvalue weighted by Crippen LogP contribution is 2.27. The molecule has 0 N–H and O–H groups in total. The average molecular weight is 192 g/mol. The Bertz CT molecular complexity index is 192. The molecule has 3 heteroatoms. The maximum atomic E-state index is 12.9. The van der Waals surface area contributed by atoms with Gasteiger partial charge in [0.05, 0.1) is 0 Å². The first kappa shape index (κ1) is 12.3. The van der Waals surface area contributed by atoms with Gasteiger partial charge in [0.1, 0.15) is 5.83 Å². The van der Waals surface area contributed by atoms with E-state index < -0.39 is 18.2 Å². The van der Waals surface area contributed by atoms with Crippen molar-refractivity contribution in [3.8, 4) is 0 Å². The van der Waals surface area contributed by atoms with E-state index in [1.165, 1.54) is 0 Å². The van der Waals surface area contributed by atoms with Gasteiger partial charge in [0.15, 0.2) is 0 Å². The smallest absolute Gasteiger partial charge is 0.208 e. The van der Waals surface area contributed by atoms with Crippen LogP contribution in [0.5, 0.6) is 0 Å². The molecule has 0 bridgehead atoms. The molecule has 0 saturated carbocycles. The van der Waals surface area contributed by atoms with Crippen LogP contribution in [-0.4, -0.2) is 5.92 Å². The molecule has 0 aromatic rings. The second-order valence-corrected chi connectivity index (χ2v) is 3.51. The largest absolute Gasteiger partial charge is 0.251 e. The minimum absolute atomic E-state index is 0.0584. The molecular weight excluding hydrogens is 177 g/mol. The SMILES string of the molecule is C=C(F)/C=C/CC(F)(F)CC(C)C. The molecule has 0 radical (unpaired) electrons. The quantitative estimate of drug-likeness (QED) is 0.575. The summed E-state index contributed by atoms with van der Waals surface area (Å²) in [6.45, 7) is 6.39. The maximum Gasteiger partial charge on any atom is 0.251 e. The lowest BCUT2D eigenvalue weighted by atomic mass is 10.0. The third-order valence-corrected chi connectivity index (χ3v) is 1.42. The van der Waals surface area contributed by atoms with Crippen molar-refractivity contribution in [1.82, 2.24) is 0 Å². The molecule has 0 aromatic carbocycles. The van der Waals surface area contributed by atoms with Gasteiger partial charge in [-0.2, -0.15) is 0 Å². The zero-order valence-electron chi connectivity index (χ0n) is 7.99. The van der Waals surface area contributed by atoms with E-state index in [1.54, 1.807) is 13.8 Å². The molecule has 0 saturated heterocycles. The third kappa shape index (κ3) is 7.62. The minimum atomic E-state index is -2.74. The Morgan fingerprint density at radius 2 is 2.00 bits per heavy atom. The van der Waals surface area contributed by atoms with Crippen molar-refractivity contribution >= 4 is 0 Å². The van der Waals surface area contributed by atoms with Crippen LogP contribution in [0.3, 0.4) is 0 Å². The highest BCUT2D eigenvalue weighted by molar-refractivity contribution is 5.06. The van der Waals surface area contributed by atoms with Crippen LogP contribution >= 0.6 is 0 Å². The molecule has 0 aliphatic rings. The Morgan fingerprint density at radius 1 is 1.46 bits per heavy atom. The van der Waals surface area contributed by atoms with E-state index in [9.17, 15) is 13.2 Å². The van der Waals surface area contributed by atoms with Gasteiger partial charge in [-0.25, -0.2) is 13.2 Å². The summed E-state index contributed by atoms with van der Waals surface area (Å²) in [4.78, 5) is 0. The fourth-order valence-corrected chi connectivity index (χ4v) is 1.04. The van der Waals surface area contributed by atoms with E-state index in [0.717, 1.165) is 12.2 Å². The number of allylic oxidation sites excluding steroid dienone is 3. The first-order valence-electron chi connectivity index (χ1n) is 4.22. The molecule has 0 fully saturated rings. The summed E-state index contributed by atoms with van der Waals surface area (Å²) in [5.41, 5.74) is 0. The van der Waals surface area contributed by atoms with Gasteiger partial charge in [0, 0.05) is 12.8 Å². The van der Waals surface area contributed by atoms with Crippen LogP contribution in [0, 0.1) is 5.92 Å². The summed E-state index contributed by atoms with van der Waals surface area (Å²) in [6, 6.07) is 0. The molecule has 0 unspecified atom stereocenters. The summed E-state index contributed by atoms with van der Waals surface area (Å²) in [5.74, 6) is -3.49. The average Bonchev–Trinajstić information content (AvgIpc) is 1.81. The van der Waals surface area contributed by atoms with Gasteiger partial charge in [-0.15, -0.1) is 0 Å². The van der Waals surface area contributed by atoms with Crippen LogP contribution in [-0.2, 0) is 0 Å². The molecule has 76 valence electrons. The third-order valence-electron chi connectivity index (χ3n) is 1.42. The fourth-order valence-electron chi connectivity index (χ4n) is 1.04. The van der Waals surface area contributed by atoms with Gasteiger partial charge in [0.25, 0.3) is 5.92 Å². The Hall–Kier alpha value is -0.730. The topological polar surface area (TPSA) is 0 Å². The first-order valence-corrected chi connectivity index (χ1v) is 4.22. The zero-order valence-corrected chi connectivity index (χ0v) is 7.99. The highest BCUT2D eigenvalue weighted by atomic mass is 19.3. The molecule has 0 amide bonds. The van der Waals surface area contributed by atoms with Crippen molar-refractivity contribution in [1.29, 1.82) is 0 Å². The molecule has 0 aliphatic carbocycles. The highest BCUT2D eigenvalue weighted by Gasteiger charge is 2.27. The number of hydrogen-bond donors (Lipinski definition) is 0. The lowest BCUT2D eigenvalue weighted by Crippen LogP contribution is -2.17. The van der Waals surface area contributed by atoms with Crippen molar-refractivity contribution in [2.45, 2.75) is 32.6 Å². The van der Waals surface area contributed by atoms with Crippen molar-refractivity contribution in [3.05, 3.63) is 24.6 Å². The summed E-state index contributed by atoms with van der Waals surface area (Å²) < 4.78 is 37.9. The van der Waals surface area contributed by atoms with Gasteiger partial charge in [0.2, 0.25) is 0 Å². The van der Waals surface area contributed by atoms with Crippen molar-refractivity contribution < 1.29 is 13.2 Å². The lowest BCUT2D eigenvalue weighted by molar-refractivity contribution is -0.0158. The summed E-state index contributed by atoms with van der Waals surface area (Å²) in [5, 5.41) is 0. The van der Waals surface area contributed by atoms with Gasteiger partial charge < -0.3 is 0 Å². The Balaban J connectivity index is 3.95. The summed E-state index contributed by atoms with van der Waals surface area (Å²) >= 11 is 0. The number of hydrogen-bond acceptors (Lipinski definition) is 0. The molecular formula is C10H15F3. The maximum absolute atomic E-state index is 12.9. The van der Waals surface area contributed by atoms with Crippen molar-refractivity contribution in [2.24, 2.45) is 5.92 Å². The van der Waals surface area contributed by atoms with Crippen LogP contribution in [0.25, 0.3) is 0 Å². The molecule has 13 heavy (non-hydrogen) atoms. The number of rotatable bonds is 5. The van der Waals surface area contributed by atoms with E-state index >= 15 is 0 Å². The normalized spacial score (nSPS) is 12.8. The Morgan fingerprint density at radius 3 is 2.38 bits per heavy atom. The Kier molecular flexibility index (Phi) is 4.81. The predicted molar refractivity (Wildman–Crippen MR) is 48.4 cm³/mol.